The number of aromatic nitrogens is 3. The van der Waals surface area contributed by atoms with E-state index in [1.807, 2.05) is 17.9 Å². The van der Waals surface area contributed by atoms with Crippen molar-refractivity contribution in [2.45, 2.75) is 13.3 Å². The Balaban J connectivity index is 0.00000110. The molecule has 2 N–H and O–H groups in total. The Morgan fingerprint density at radius 1 is 1.29 bits per heavy atom. The van der Waals surface area contributed by atoms with E-state index in [-0.39, 0.29) is 30.7 Å². The fraction of sp³-hybridized carbons (Fsp3) is 0.462. The Bertz CT molecular complexity index is 608. The summed E-state index contributed by atoms with van der Waals surface area (Å²) in [7, 11) is 0. The third kappa shape index (κ3) is 3.64. The van der Waals surface area contributed by atoms with Crippen molar-refractivity contribution in [2.24, 2.45) is 0 Å². The lowest BCUT2D eigenvalue weighted by atomic mass is 10.2. The van der Waals surface area contributed by atoms with Crippen LogP contribution in [0.2, 0.25) is 0 Å². The first kappa shape index (κ1) is 17.7. The van der Waals surface area contributed by atoms with Crippen molar-refractivity contribution in [2.75, 3.05) is 26.2 Å². The highest BCUT2D eigenvalue weighted by Gasteiger charge is 2.18. The van der Waals surface area contributed by atoms with E-state index in [4.69, 9.17) is 0 Å². The minimum Gasteiger partial charge on any atom is -0.337 e. The first-order chi connectivity index (χ1) is 9.25. The normalized spacial score (nSPS) is 15.0. The van der Waals surface area contributed by atoms with E-state index < -0.39 is 0 Å². The molecule has 0 bridgehead atoms. The van der Waals surface area contributed by atoms with Gasteiger partial charge in [-0.15, -0.1) is 24.8 Å². The number of rotatable bonds is 1. The number of hydrogen-bond donors (Lipinski definition) is 2. The Morgan fingerprint density at radius 3 is 2.90 bits per heavy atom. The molecule has 0 radical (unpaired) electrons. The molecule has 3 heterocycles. The highest BCUT2D eigenvalue weighted by atomic mass is 35.5. The SMILES string of the molecule is Cc1[nH]nc2ncc(C(=O)N3CCCNCC3)cc12.Cl.Cl. The monoisotopic (exact) mass is 331 g/mol. The lowest BCUT2D eigenvalue weighted by Crippen LogP contribution is -2.34. The second-order valence-electron chi connectivity index (χ2n) is 4.84. The summed E-state index contributed by atoms with van der Waals surface area (Å²) in [6.45, 7) is 5.31. The van der Waals surface area contributed by atoms with Crippen LogP contribution in [0.25, 0.3) is 11.0 Å². The standard InChI is InChI=1S/C13H17N5O.2ClH/c1-9-11-7-10(8-15-12(11)17-16-9)13(19)18-5-2-3-14-4-6-18;;/h7-8,14H,2-6H2,1H3,(H,15,16,17);2*1H. The van der Waals surface area contributed by atoms with E-state index in [2.05, 4.69) is 20.5 Å². The molecule has 8 heteroatoms. The van der Waals surface area contributed by atoms with Crippen molar-refractivity contribution >= 4 is 41.8 Å². The fourth-order valence-corrected chi connectivity index (χ4v) is 2.37. The third-order valence-electron chi connectivity index (χ3n) is 3.47. The van der Waals surface area contributed by atoms with Gasteiger partial charge >= 0.3 is 0 Å². The van der Waals surface area contributed by atoms with Crippen LogP contribution in [-0.4, -0.2) is 52.2 Å². The lowest BCUT2D eigenvalue weighted by Gasteiger charge is -2.19. The smallest absolute Gasteiger partial charge is 0.255 e. The zero-order valence-electron chi connectivity index (χ0n) is 11.8. The number of carbonyl (C=O) groups excluding carboxylic acids is 1. The van der Waals surface area contributed by atoms with Crippen LogP contribution in [0.4, 0.5) is 0 Å². The van der Waals surface area contributed by atoms with Gasteiger partial charge in [-0.05, 0) is 26.0 Å². The number of nitrogens with one attached hydrogen (secondary N) is 2. The molecule has 0 unspecified atom stereocenters. The van der Waals surface area contributed by atoms with E-state index in [0.717, 1.165) is 43.7 Å². The predicted octanol–water partition coefficient (Wildman–Crippen LogP) is 1.55. The van der Waals surface area contributed by atoms with Crippen molar-refractivity contribution < 1.29 is 4.79 Å². The molecule has 1 aliphatic heterocycles. The molecule has 1 saturated heterocycles. The van der Waals surface area contributed by atoms with Gasteiger partial charge in [0.2, 0.25) is 0 Å². The molecule has 0 aliphatic carbocycles. The molecule has 2 aromatic rings. The lowest BCUT2D eigenvalue weighted by molar-refractivity contribution is 0.0766. The molecular formula is C13H19Cl2N5O. The molecule has 1 fully saturated rings. The maximum atomic E-state index is 12.5. The molecular weight excluding hydrogens is 313 g/mol. The largest absolute Gasteiger partial charge is 0.337 e. The van der Waals surface area contributed by atoms with Crippen LogP contribution in [0, 0.1) is 6.92 Å². The summed E-state index contributed by atoms with van der Waals surface area (Å²) in [6, 6.07) is 1.88. The Hall–Kier alpha value is -1.37. The van der Waals surface area contributed by atoms with Crippen LogP contribution in [0.1, 0.15) is 22.5 Å². The second kappa shape index (κ2) is 7.59. The van der Waals surface area contributed by atoms with Crippen molar-refractivity contribution in [1.29, 1.82) is 0 Å². The zero-order valence-corrected chi connectivity index (χ0v) is 13.4. The number of halogens is 2. The summed E-state index contributed by atoms with van der Waals surface area (Å²) in [5.74, 6) is 0.0544. The van der Waals surface area contributed by atoms with Gasteiger partial charge in [-0.25, -0.2) is 4.98 Å². The van der Waals surface area contributed by atoms with Crippen molar-refractivity contribution in [3.05, 3.63) is 23.5 Å². The summed E-state index contributed by atoms with van der Waals surface area (Å²) in [4.78, 5) is 18.6. The number of hydrogen-bond acceptors (Lipinski definition) is 4. The molecule has 3 rings (SSSR count). The number of nitrogens with zero attached hydrogens (tertiary/aromatic N) is 3. The number of carbonyl (C=O) groups is 1. The average molecular weight is 332 g/mol. The summed E-state index contributed by atoms with van der Waals surface area (Å²) in [5, 5.41) is 11.2. The van der Waals surface area contributed by atoms with Gasteiger partial charge in [-0.3, -0.25) is 9.89 Å². The first-order valence-electron chi connectivity index (χ1n) is 6.56. The van der Waals surface area contributed by atoms with Crippen LogP contribution in [0.5, 0.6) is 0 Å². The van der Waals surface area contributed by atoms with Crippen LogP contribution in [0.15, 0.2) is 12.3 Å². The van der Waals surface area contributed by atoms with Gasteiger partial charge in [-0.2, -0.15) is 5.10 Å². The molecule has 6 nitrogen and oxygen atoms in total. The molecule has 116 valence electrons. The van der Waals surface area contributed by atoms with Crippen LogP contribution in [-0.2, 0) is 0 Å². The number of pyridine rings is 1. The molecule has 0 spiro atoms. The fourth-order valence-electron chi connectivity index (χ4n) is 2.37. The van der Waals surface area contributed by atoms with E-state index in [9.17, 15) is 4.79 Å². The minimum atomic E-state index is 0. The number of aromatic amines is 1. The second-order valence-corrected chi connectivity index (χ2v) is 4.84. The molecule has 1 aliphatic rings. The molecule has 0 atom stereocenters. The zero-order chi connectivity index (χ0) is 13.2. The molecule has 0 aromatic carbocycles. The third-order valence-corrected chi connectivity index (χ3v) is 3.47. The van der Waals surface area contributed by atoms with Crippen LogP contribution >= 0.6 is 24.8 Å². The van der Waals surface area contributed by atoms with E-state index >= 15 is 0 Å². The van der Waals surface area contributed by atoms with Gasteiger partial charge in [0.15, 0.2) is 5.65 Å². The van der Waals surface area contributed by atoms with E-state index in [1.54, 1.807) is 6.20 Å². The predicted molar refractivity (Wildman–Crippen MR) is 86.5 cm³/mol. The van der Waals surface area contributed by atoms with E-state index in [0.29, 0.717) is 11.2 Å². The number of aryl methyl sites for hydroxylation is 1. The van der Waals surface area contributed by atoms with Gasteiger partial charge in [0.05, 0.1) is 5.56 Å². The van der Waals surface area contributed by atoms with Gasteiger partial charge in [0, 0.05) is 36.9 Å². The molecule has 0 saturated carbocycles. The summed E-state index contributed by atoms with van der Waals surface area (Å²) < 4.78 is 0. The van der Waals surface area contributed by atoms with E-state index in [1.165, 1.54) is 0 Å². The van der Waals surface area contributed by atoms with Crippen LogP contribution < -0.4 is 5.32 Å². The maximum absolute atomic E-state index is 12.5. The quantitative estimate of drug-likeness (QED) is 0.831. The first-order valence-corrected chi connectivity index (χ1v) is 6.56. The molecule has 21 heavy (non-hydrogen) atoms. The summed E-state index contributed by atoms with van der Waals surface area (Å²) >= 11 is 0. The Kier molecular flexibility index (Phi) is 6.39. The topological polar surface area (TPSA) is 73.9 Å². The summed E-state index contributed by atoms with van der Waals surface area (Å²) in [6.07, 6.45) is 2.61. The average Bonchev–Trinajstić information content (AvgIpc) is 2.67. The van der Waals surface area contributed by atoms with Gasteiger partial charge in [0.1, 0.15) is 0 Å². The van der Waals surface area contributed by atoms with Crippen LogP contribution in [0.3, 0.4) is 0 Å². The van der Waals surface area contributed by atoms with Gasteiger partial charge < -0.3 is 10.2 Å². The summed E-state index contributed by atoms with van der Waals surface area (Å²) in [5.41, 5.74) is 2.24. The molecule has 2 aromatic heterocycles. The number of amides is 1. The van der Waals surface area contributed by atoms with Crippen molar-refractivity contribution in [3.8, 4) is 0 Å². The highest BCUT2D eigenvalue weighted by Crippen LogP contribution is 2.16. The Labute approximate surface area is 135 Å². The van der Waals surface area contributed by atoms with Crippen molar-refractivity contribution in [1.82, 2.24) is 25.4 Å². The number of H-pyrrole nitrogens is 1. The number of fused-ring (bicyclic) bond motifs is 1. The van der Waals surface area contributed by atoms with Gasteiger partial charge in [0.25, 0.3) is 5.91 Å². The Morgan fingerprint density at radius 2 is 2.10 bits per heavy atom. The minimum absolute atomic E-state index is 0. The van der Waals surface area contributed by atoms with Crippen molar-refractivity contribution in [3.63, 3.8) is 0 Å². The maximum Gasteiger partial charge on any atom is 0.255 e. The highest BCUT2D eigenvalue weighted by molar-refractivity contribution is 5.97. The molecule has 1 amide bonds. The van der Waals surface area contributed by atoms with Gasteiger partial charge in [-0.1, -0.05) is 0 Å².